The standard InChI is InChI=1S/C10H17N3O2S/c1-10(2,3)7(6-14)12-8(15)13-9-11-4-5-16-9/h4-5,7,14H,6H2,1-3H3,(H2,11,12,13,15)/t7-/m1/s1. The van der Waals surface area contributed by atoms with E-state index in [0.717, 1.165) is 0 Å². The summed E-state index contributed by atoms with van der Waals surface area (Å²) in [5, 5.41) is 16.8. The van der Waals surface area contributed by atoms with Crippen molar-refractivity contribution in [1.82, 2.24) is 10.3 Å². The maximum absolute atomic E-state index is 11.6. The molecule has 0 radical (unpaired) electrons. The fourth-order valence-corrected chi connectivity index (χ4v) is 1.64. The van der Waals surface area contributed by atoms with Crippen molar-refractivity contribution in [2.45, 2.75) is 26.8 Å². The molecule has 2 amide bonds. The fourth-order valence-electron chi connectivity index (χ4n) is 1.11. The number of thiazole rings is 1. The zero-order valence-electron chi connectivity index (χ0n) is 9.65. The van der Waals surface area contributed by atoms with Gasteiger partial charge in [-0.05, 0) is 5.41 Å². The van der Waals surface area contributed by atoms with E-state index >= 15 is 0 Å². The Morgan fingerprint density at radius 1 is 1.62 bits per heavy atom. The molecule has 1 rings (SSSR count). The molecule has 0 aromatic carbocycles. The molecular formula is C10H17N3O2S. The summed E-state index contributed by atoms with van der Waals surface area (Å²) in [6.45, 7) is 5.78. The Morgan fingerprint density at radius 2 is 2.31 bits per heavy atom. The average Bonchev–Trinajstić information content (AvgIpc) is 2.64. The number of nitrogens with zero attached hydrogens (tertiary/aromatic N) is 1. The number of anilines is 1. The van der Waals surface area contributed by atoms with Gasteiger partial charge in [-0.15, -0.1) is 11.3 Å². The van der Waals surface area contributed by atoms with Crippen LogP contribution < -0.4 is 10.6 Å². The number of aliphatic hydroxyl groups is 1. The number of carbonyl (C=O) groups excluding carboxylic acids is 1. The van der Waals surface area contributed by atoms with Gasteiger partial charge in [-0.3, -0.25) is 5.32 Å². The fraction of sp³-hybridized carbons (Fsp3) is 0.600. The second-order valence-electron chi connectivity index (χ2n) is 4.54. The molecule has 1 atom stereocenters. The normalized spacial score (nSPS) is 13.2. The Morgan fingerprint density at radius 3 is 2.75 bits per heavy atom. The van der Waals surface area contributed by atoms with Gasteiger partial charge in [0.2, 0.25) is 0 Å². The highest BCUT2D eigenvalue weighted by Crippen LogP contribution is 2.19. The second kappa shape index (κ2) is 5.27. The lowest BCUT2D eigenvalue weighted by molar-refractivity contribution is 0.162. The smallest absolute Gasteiger partial charge is 0.321 e. The van der Waals surface area contributed by atoms with Crippen molar-refractivity contribution in [1.29, 1.82) is 0 Å². The number of nitrogens with one attached hydrogen (secondary N) is 2. The number of rotatable bonds is 3. The molecule has 90 valence electrons. The summed E-state index contributed by atoms with van der Waals surface area (Å²) in [5.74, 6) is 0. The summed E-state index contributed by atoms with van der Waals surface area (Å²) in [5.41, 5.74) is -0.186. The summed E-state index contributed by atoms with van der Waals surface area (Å²) in [6.07, 6.45) is 1.62. The van der Waals surface area contributed by atoms with Crippen LogP contribution in [0.25, 0.3) is 0 Å². The van der Waals surface area contributed by atoms with Gasteiger partial charge in [0, 0.05) is 11.6 Å². The Kier molecular flexibility index (Phi) is 4.26. The van der Waals surface area contributed by atoms with Gasteiger partial charge in [0.1, 0.15) is 0 Å². The Labute approximate surface area is 98.9 Å². The minimum absolute atomic E-state index is 0.0885. The number of carbonyl (C=O) groups is 1. The van der Waals surface area contributed by atoms with E-state index in [9.17, 15) is 9.90 Å². The largest absolute Gasteiger partial charge is 0.394 e. The molecule has 0 aliphatic rings. The molecular weight excluding hydrogens is 226 g/mol. The van der Waals surface area contributed by atoms with E-state index in [1.165, 1.54) is 11.3 Å². The molecule has 6 heteroatoms. The first-order valence-corrected chi connectivity index (χ1v) is 5.89. The molecule has 0 bridgehead atoms. The van der Waals surface area contributed by atoms with Crippen molar-refractivity contribution in [2.24, 2.45) is 5.41 Å². The van der Waals surface area contributed by atoms with Crippen LogP contribution in [0.3, 0.4) is 0 Å². The monoisotopic (exact) mass is 243 g/mol. The van der Waals surface area contributed by atoms with Crippen LogP contribution >= 0.6 is 11.3 Å². The van der Waals surface area contributed by atoms with E-state index in [1.54, 1.807) is 11.6 Å². The molecule has 0 saturated carbocycles. The lowest BCUT2D eigenvalue weighted by atomic mass is 9.87. The zero-order valence-corrected chi connectivity index (χ0v) is 10.5. The third-order valence-electron chi connectivity index (χ3n) is 2.19. The highest BCUT2D eigenvalue weighted by molar-refractivity contribution is 7.13. The van der Waals surface area contributed by atoms with Gasteiger partial charge in [0.05, 0.1) is 12.6 Å². The minimum atomic E-state index is -0.344. The summed E-state index contributed by atoms with van der Waals surface area (Å²) in [4.78, 5) is 15.5. The zero-order chi connectivity index (χ0) is 12.2. The molecule has 16 heavy (non-hydrogen) atoms. The summed E-state index contributed by atoms with van der Waals surface area (Å²) < 4.78 is 0. The molecule has 0 fully saturated rings. The van der Waals surface area contributed by atoms with Crippen LogP contribution in [0, 0.1) is 5.41 Å². The Hall–Kier alpha value is -1.14. The lowest BCUT2D eigenvalue weighted by Gasteiger charge is -2.29. The molecule has 0 unspecified atom stereocenters. The van der Waals surface area contributed by atoms with Crippen LogP contribution in [0.4, 0.5) is 9.93 Å². The topological polar surface area (TPSA) is 74.2 Å². The van der Waals surface area contributed by atoms with Crippen LogP contribution in [-0.2, 0) is 0 Å². The summed E-state index contributed by atoms with van der Waals surface area (Å²) >= 11 is 1.35. The van der Waals surface area contributed by atoms with Crippen molar-refractivity contribution in [3.8, 4) is 0 Å². The maximum atomic E-state index is 11.6. The van der Waals surface area contributed by atoms with Crippen LogP contribution in [0.1, 0.15) is 20.8 Å². The second-order valence-corrected chi connectivity index (χ2v) is 5.43. The van der Waals surface area contributed by atoms with Crippen LogP contribution in [-0.4, -0.2) is 28.8 Å². The molecule has 1 aromatic heterocycles. The van der Waals surface area contributed by atoms with Crippen LogP contribution in [0.5, 0.6) is 0 Å². The van der Waals surface area contributed by atoms with E-state index in [-0.39, 0.29) is 24.1 Å². The van der Waals surface area contributed by atoms with Gasteiger partial charge in [-0.1, -0.05) is 20.8 Å². The number of amides is 2. The molecule has 0 saturated heterocycles. The SMILES string of the molecule is CC(C)(C)[C@@H](CO)NC(=O)Nc1nccs1. The molecule has 1 heterocycles. The maximum Gasteiger partial charge on any atom is 0.321 e. The highest BCUT2D eigenvalue weighted by Gasteiger charge is 2.25. The van der Waals surface area contributed by atoms with E-state index in [0.29, 0.717) is 5.13 Å². The van der Waals surface area contributed by atoms with Crippen molar-refractivity contribution in [2.75, 3.05) is 11.9 Å². The van der Waals surface area contributed by atoms with Crippen molar-refractivity contribution < 1.29 is 9.90 Å². The average molecular weight is 243 g/mol. The molecule has 0 spiro atoms. The van der Waals surface area contributed by atoms with E-state index in [2.05, 4.69) is 15.6 Å². The number of aliphatic hydroxyl groups excluding tert-OH is 1. The Bertz CT molecular complexity index is 332. The quantitative estimate of drug-likeness (QED) is 0.756. The van der Waals surface area contributed by atoms with Crippen molar-refractivity contribution in [3.63, 3.8) is 0 Å². The van der Waals surface area contributed by atoms with E-state index < -0.39 is 0 Å². The number of hydrogen-bond acceptors (Lipinski definition) is 4. The van der Waals surface area contributed by atoms with Crippen molar-refractivity contribution in [3.05, 3.63) is 11.6 Å². The third-order valence-corrected chi connectivity index (χ3v) is 2.87. The summed E-state index contributed by atoms with van der Waals surface area (Å²) in [6, 6.07) is -0.628. The van der Waals surface area contributed by atoms with E-state index in [1.807, 2.05) is 20.8 Å². The van der Waals surface area contributed by atoms with E-state index in [4.69, 9.17) is 0 Å². The third kappa shape index (κ3) is 3.79. The van der Waals surface area contributed by atoms with Crippen molar-refractivity contribution >= 4 is 22.5 Å². The number of aromatic nitrogens is 1. The van der Waals surface area contributed by atoms with Gasteiger partial charge >= 0.3 is 6.03 Å². The van der Waals surface area contributed by atoms with Gasteiger partial charge in [0.15, 0.2) is 5.13 Å². The highest BCUT2D eigenvalue weighted by atomic mass is 32.1. The number of hydrogen-bond donors (Lipinski definition) is 3. The van der Waals surface area contributed by atoms with Crippen LogP contribution in [0.2, 0.25) is 0 Å². The van der Waals surface area contributed by atoms with Gasteiger partial charge in [-0.25, -0.2) is 9.78 Å². The Balaban J connectivity index is 2.50. The van der Waals surface area contributed by atoms with Gasteiger partial charge in [0.25, 0.3) is 0 Å². The molecule has 5 nitrogen and oxygen atoms in total. The molecule has 0 aliphatic carbocycles. The molecule has 0 aliphatic heterocycles. The predicted octanol–water partition coefficient (Wildman–Crippen LogP) is 1.67. The van der Waals surface area contributed by atoms with Gasteiger partial charge in [-0.2, -0.15) is 0 Å². The number of urea groups is 1. The first-order chi connectivity index (χ1) is 7.43. The van der Waals surface area contributed by atoms with Gasteiger partial charge < -0.3 is 10.4 Å². The molecule has 1 aromatic rings. The van der Waals surface area contributed by atoms with Crippen LogP contribution in [0.15, 0.2) is 11.6 Å². The first-order valence-electron chi connectivity index (χ1n) is 5.01. The first kappa shape index (κ1) is 12.9. The lowest BCUT2D eigenvalue weighted by Crippen LogP contribution is -2.47. The predicted molar refractivity (Wildman–Crippen MR) is 64.6 cm³/mol. The summed E-state index contributed by atoms with van der Waals surface area (Å²) in [7, 11) is 0. The molecule has 3 N–H and O–H groups in total. The minimum Gasteiger partial charge on any atom is -0.394 e.